The number of carbonyl (C=O) groups is 1. The zero-order valence-corrected chi connectivity index (χ0v) is 13.9. The summed E-state index contributed by atoms with van der Waals surface area (Å²) < 4.78 is 18.0. The lowest BCUT2D eigenvalue weighted by Crippen LogP contribution is -2.36. The Morgan fingerprint density at radius 1 is 1.55 bits per heavy atom. The quantitative estimate of drug-likeness (QED) is 0.571. The average Bonchev–Trinajstić information content (AvgIpc) is 2.44. The normalized spacial score (nSPS) is 13.8. The fourth-order valence-corrected chi connectivity index (χ4v) is 3.26. The number of hydrogen-bond donors (Lipinski definition) is 2. The van der Waals surface area contributed by atoms with Crippen LogP contribution in [0.4, 0.5) is 5.69 Å². The van der Waals surface area contributed by atoms with Crippen molar-refractivity contribution in [1.29, 1.82) is 0 Å². The van der Waals surface area contributed by atoms with Gasteiger partial charge in [0.15, 0.2) is 0 Å². The molecule has 0 bridgehead atoms. The van der Waals surface area contributed by atoms with E-state index in [1.54, 1.807) is 32.2 Å². The Balaban J connectivity index is 2.66. The zero-order valence-electron chi connectivity index (χ0n) is 11.5. The number of hydrogen-bond acceptors (Lipinski definition) is 4. The molecule has 7 heteroatoms. The van der Waals surface area contributed by atoms with E-state index in [4.69, 9.17) is 10.5 Å². The molecule has 1 rings (SSSR count). The van der Waals surface area contributed by atoms with Gasteiger partial charge in [-0.05, 0) is 31.5 Å². The summed E-state index contributed by atoms with van der Waals surface area (Å²) in [5.74, 6) is -0.251. The van der Waals surface area contributed by atoms with Crippen LogP contribution in [0.15, 0.2) is 27.6 Å². The molecule has 3 N–H and O–H groups in total. The number of carbonyl (C=O) groups excluding carboxylic acids is 1. The molecule has 2 atom stereocenters. The lowest BCUT2D eigenvalue weighted by Gasteiger charge is -2.13. The third-order valence-corrected chi connectivity index (χ3v) is 4.84. The van der Waals surface area contributed by atoms with Gasteiger partial charge in [0.2, 0.25) is 5.91 Å². The van der Waals surface area contributed by atoms with Crippen LogP contribution < -0.4 is 11.1 Å². The van der Waals surface area contributed by atoms with E-state index in [2.05, 4.69) is 21.2 Å². The molecule has 112 valence electrons. The molecule has 1 amide bonds. The van der Waals surface area contributed by atoms with Gasteiger partial charge in [0, 0.05) is 30.4 Å². The van der Waals surface area contributed by atoms with Crippen LogP contribution in [-0.2, 0) is 20.3 Å². The second kappa shape index (κ2) is 8.39. The second-order valence-corrected chi connectivity index (χ2v) is 6.92. The van der Waals surface area contributed by atoms with Crippen molar-refractivity contribution in [3.63, 3.8) is 0 Å². The van der Waals surface area contributed by atoms with Crippen LogP contribution >= 0.6 is 15.9 Å². The first-order valence-corrected chi connectivity index (χ1v) is 8.20. The van der Waals surface area contributed by atoms with Crippen molar-refractivity contribution in [3.05, 3.63) is 22.7 Å². The van der Waals surface area contributed by atoms with Crippen LogP contribution in [0, 0.1) is 0 Å². The maximum atomic E-state index is 12.4. The number of amides is 1. The molecule has 1 aromatic rings. The first-order valence-electron chi connectivity index (χ1n) is 6.19. The number of halogens is 1. The molecule has 0 radical (unpaired) electrons. The maximum Gasteiger partial charge on any atom is 0.235 e. The molecular weight excluding hydrogens is 344 g/mol. The van der Waals surface area contributed by atoms with Crippen molar-refractivity contribution in [2.45, 2.75) is 23.5 Å². The van der Waals surface area contributed by atoms with Crippen LogP contribution in [0.3, 0.4) is 0 Å². The summed E-state index contributed by atoms with van der Waals surface area (Å²) in [6, 6.07) is 5.12. The van der Waals surface area contributed by atoms with Crippen LogP contribution in [0.5, 0.6) is 0 Å². The summed E-state index contributed by atoms with van der Waals surface area (Å²) in [7, 11) is 0.121. The average molecular weight is 363 g/mol. The monoisotopic (exact) mass is 362 g/mol. The van der Waals surface area contributed by atoms with E-state index in [9.17, 15) is 9.00 Å². The van der Waals surface area contributed by atoms with Crippen LogP contribution in [0.2, 0.25) is 0 Å². The van der Waals surface area contributed by atoms with E-state index in [0.717, 1.165) is 10.9 Å². The van der Waals surface area contributed by atoms with Gasteiger partial charge in [0.05, 0.1) is 15.7 Å². The van der Waals surface area contributed by atoms with E-state index < -0.39 is 16.0 Å². The summed E-state index contributed by atoms with van der Waals surface area (Å²) in [4.78, 5) is 12.4. The lowest BCUT2D eigenvalue weighted by molar-refractivity contribution is -0.120. The molecule has 0 aliphatic heterocycles. The van der Waals surface area contributed by atoms with Crippen LogP contribution in [0.25, 0.3) is 0 Å². The van der Waals surface area contributed by atoms with Crippen molar-refractivity contribution >= 4 is 38.3 Å². The zero-order chi connectivity index (χ0) is 15.1. The second-order valence-electron chi connectivity index (χ2n) is 4.26. The smallest absolute Gasteiger partial charge is 0.235 e. The molecular formula is C13H19BrN2O3S. The van der Waals surface area contributed by atoms with Crippen molar-refractivity contribution in [3.8, 4) is 0 Å². The molecule has 0 aromatic heterocycles. The predicted octanol–water partition coefficient (Wildman–Crippen LogP) is 1.68. The van der Waals surface area contributed by atoms with Crippen LogP contribution in [-0.4, -0.2) is 35.6 Å². The van der Waals surface area contributed by atoms with Gasteiger partial charge in [-0.3, -0.25) is 9.00 Å². The molecule has 0 fully saturated rings. The molecule has 0 aliphatic rings. The van der Waals surface area contributed by atoms with Crippen LogP contribution in [0.1, 0.15) is 13.3 Å². The molecule has 0 saturated carbocycles. The fourth-order valence-electron chi connectivity index (χ4n) is 1.54. The third-order valence-electron chi connectivity index (χ3n) is 2.71. The number of nitrogens with one attached hydrogen (secondary N) is 1. The summed E-state index contributed by atoms with van der Waals surface area (Å²) in [5, 5.41) is 2.08. The Labute approximate surface area is 129 Å². The fraction of sp³-hybridized carbons (Fsp3) is 0.462. The number of rotatable bonds is 7. The van der Waals surface area contributed by atoms with Gasteiger partial charge in [0.1, 0.15) is 5.25 Å². The number of nitrogen functional groups attached to an aromatic ring is 1. The van der Waals surface area contributed by atoms with E-state index in [1.807, 2.05) is 0 Å². The molecule has 0 spiro atoms. The van der Waals surface area contributed by atoms with Gasteiger partial charge >= 0.3 is 0 Å². The molecule has 0 heterocycles. The Hall–Kier alpha value is -0.920. The van der Waals surface area contributed by atoms with Gasteiger partial charge in [-0.1, -0.05) is 15.9 Å². The Kier molecular flexibility index (Phi) is 7.18. The first-order chi connectivity index (χ1) is 9.47. The number of ether oxygens (including phenoxy) is 1. The minimum Gasteiger partial charge on any atom is -0.398 e. The van der Waals surface area contributed by atoms with E-state index in [0.29, 0.717) is 23.7 Å². The van der Waals surface area contributed by atoms with Crippen molar-refractivity contribution in [1.82, 2.24) is 5.32 Å². The summed E-state index contributed by atoms with van der Waals surface area (Å²) >= 11 is 3.31. The third kappa shape index (κ3) is 4.88. The topological polar surface area (TPSA) is 81.4 Å². The van der Waals surface area contributed by atoms with Gasteiger partial charge in [-0.15, -0.1) is 0 Å². The van der Waals surface area contributed by atoms with Gasteiger partial charge < -0.3 is 15.8 Å². The van der Waals surface area contributed by atoms with Gasteiger partial charge in [0.25, 0.3) is 0 Å². The highest BCUT2D eigenvalue weighted by atomic mass is 79.9. The first kappa shape index (κ1) is 17.1. The van der Waals surface area contributed by atoms with E-state index >= 15 is 0 Å². The summed E-state index contributed by atoms with van der Waals surface area (Å²) in [6.45, 7) is 2.71. The highest BCUT2D eigenvalue weighted by Crippen LogP contribution is 2.23. The minimum atomic E-state index is -1.49. The Bertz CT molecular complexity index is 497. The Morgan fingerprint density at radius 2 is 2.25 bits per heavy atom. The lowest BCUT2D eigenvalue weighted by atomic mass is 10.3. The van der Waals surface area contributed by atoms with Gasteiger partial charge in [-0.25, -0.2) is 0 Å². The number of methoxy groups -OCH3 is 1. The highest BCUT2D eigenvalue weighted by Gasteiger charge is 2.22. The number of benzene rings is 1. The predicted molar refractivity (Wildman–Crippen MR) is 83.9 cm³/mol. The highest BCUT2D eigenvalue weighted by molar-refractivity contribution is 9.10. The van der Waals surface area contributed by atoms with E-state index in [-0.39, 0.29) is 5.91 Å². The molecule has 5 nitrogen and oxygen atoms in total. The maximum absolute atomic E-state index is 12.4. The standard InChI is InChI=1S/C13H19BrN2O3S/c1-9(13(17)16-6-3-7-19-2)20(18)12-8-10(14)4-5-11(12)15/h4-5,8-9H,3,6-7,15H2,1-2H3,(H,16,17). The molecule has 2 unspecified atom stereocenters. The van der Waals surface area contributed by atoms with E-state index in [1.165, 1.54) is 0 Å². The van der Waals surface area contributed by atoms with Crippen molar-refractivity contribution in [2.75, 3.05) is 26.0 Å². The SMILES string of the molecule is COCCCNC(=O)C(C)S(=O)c1cc(Br)ccc1N. The summed E-state index contributed by atoms with van der Waals surface area (Å²) in [6.07, 6.45) is 0.723. The van der Waals surface area contributed by atoms with Crippen molar-refractivity contribution < 1.29 is 13.7 Å². The van der Waals surface area contributed by atoms with Gasteiger partial charge in [-0.2, -0.15) is 0 Å². The number of nitrogens with two attached hydrogens (primary N) is 1. The Morgan fingerprint density at radius 3 is 2.90 bits per heavy atom. The number of anilines is 1. The molecule has 20 heavy (non-hydrogen) atoms. The molecule has 0 aliphatic carbocycles. The molecule has 1 aromatic carbocycles. The minimum absolute atomic E-state index is 0.251. The largest absolute Gasteiger partial charge is 0.398 e. The molecule has 0 saturated heterocycles. The summed E-state index contributed by atoms with van der Waals surface area (Å²) in [5.41, 5.74) is 6.23. The van der Waals surface area contributed by atoms with Crippen molar-refractivity contribution in [2.24, 2.45) is 0 Å².